The van der Waals surface area contributed by atoms with Gasteiger partial charge in [0, 0.05) is 41.4 Å². The molecule has 32 heavy (non-hydrogen) atoms. The van der Waals surface area contributed by atoms with Gasteiger partial charge in [0.05, 0.1) is 26.0 Å². The summed E-state index contributed by atoms with van der Waals surface area (Å²) in [4.78, 5) is 19.1. The molecule has 8 heteroatoms. The standard InChI is InChI=1S/C24H21FN4O3/c1-31-18-5-6-21(25)19(13-18)22-20-12-17(14-26-23(20)28-27-22)15-3-2-4-16(11-15)24(30)29-7-9-32-10-8-29/h2-6,11-14H,7-10H2,1H3,(H,26,27,28). The van der Waals surface area contributed by atoms with Crippen molar-refractivity contribution in [2.24, 2.45) is 0 Å². The van der Waals surface area contributed by atoms with Gasteiger partial charge >= 0.3 is 0 Å². The number of fused-ring (bicyclic) bond motifs is 1. The van der Waals surface area contributed by atoms with E-state index < -0.39 is 0 Å². The summed E-state index contributed by atoms with van der Waals surface area (Å²) >= 11 is 0. The zero-order valence-corrected chi connectivity index (χ0v) is 17.5. The number of nitrogens with one attached hydrogen (secondary N) is 1. The minimum atomic E-state index is -0.389. The quantitative estimate of drug-likeness (QED) is 0.529. The SMILES string of the molecule is COc1ccc(F)c(-c2[nH]nc3ncc(-c4cccc(C(=O)N5CCOCC5)c4)cc23)c1. The van der Waals surface area contributed by atoms with E-state index in [9.17, 15) is 9.18 Å². The van der Waals surface area contributed by atoms with Crippen molar-refractivity contribution in [3.05, 3.63) is 66.1 Å². The van der Waals surface area contributed by atoms with Crippen LogP contribution in [0, 0.1) is 5.82 Å². The van der Waals surface area contributed by atoms with E-state index in [2.05, 4.69) is 15.2 Å². The molecule has 0 spiro atoms. The summed E-state index contributed by atoms with van der Waals surface area (Å²) in [7, 11) is 1.53. The minimum absolute atomic E-state index is 0.0216. The Balaban J connectivity index is 1.53. The van der Waals surface area contributed by atoms with Crippen molar-refractivity contribution in [1.82, 2.24) is 20.1 Å². The molecule has 0 aliphatic carbocycles. The maximum Gasteiger partial charge on any atom is 0.254 e. The largest absolute Gasteiger partial charge is 0.497 e. The molecular weight excluding hydrogens is 411 g/mol. The van der Waals surface area contributed by atoms with Gasteiger partial charge in [-0.15, -0.1) is 0 Å². The fraction of sp³-hybridized carbons (Fsp3) is 0.208. The monoisotopic (exact) mass is 432 g/mol. The number of methoxy groups -OCH3 is 1. The molecule has 7 nitrogen and oxygen atoms in total. The molecular formula is C24H21FN4O3. The van der Waals surface area contributed by atoms with E-state index in [0.717, 1.165) is 11.1 Å². The summed E-state index contributed by atoms with van der Waals surface area (Å²) in [5, 5.41) is 7.79. The predicted octanol–water partition coefficient (Wildman–Crippen LogP) is 3.91. The van der Waals surface area contributed by atoms with Gasteiger partial charge in [0.15, 0.2) is 5.65 Å². The molecule has 1 N–H and O–H groups in total. The average molecular weight is 432 g/mol. The third kappa shape index (κ3) is 3.69. The van der Waals surface area contributed by atoms with Crippen LogP contribution >= 0.6 is 0 Å². The molecule has 2 aromatic heterocycles. The fourth-order valence-electron chi connectivity index (χ4n) is 3.87. The third-order valence-corrected chi connectivity index (χ3v) is 5.59. The first-order valence-corrected chi connectivity index (χ1v) is 10.3. The summed E-state index contributed by atoms with van der Waals surface area (Å²) in [6, 6.07) is 13.9. The van der Waals surface area contributed by atoms with E-state index in [0.29, 0.717) is 59.9 Å². The Labute approximate surface area is 183 Å². The van der Waals surface area contributed by atoms with Gasteiger partial charge in [0.1, 0.15) is 11.6 Å². The van der Waals surface area contributed by atoms with E-state index in [1.165, 1.54) is 13.2 Å². The van der Waals surface area contributed by atoms with Crippen LogP contribution in [0.5, 0.6) is 5.75 Å². The van der Waals surface area contributed by atoms with Crippen molar-refractivity contribution in [3.63, 3.8) is 0 Å². The van der Waals surface area contributed by atoms with Crippen LogP contribution in [0.25, 0.3) is 33.4 Å². The normalized spacial score (nSPS) is 14.0. The highest BCUT2D eigenvalue weighted by molar-refractivity contribution is 5.97. The Morgan fingerprint density at radius 1 is 1.12 bits per heavy atom. The van der Waals surface area contributed by atoms with Gasteiger partial charge in [-0.25, -0.2) is 9.37 Å². The maximum absolute atomic E-state index is 14.6. The third-order valence-electron chi connectivity index (χ3n) is 5.59. The first-order chi connectivity index (χ1) is 15.6. The van der Waals surface area contributed by atoms with Crippen molar-refractivity contribution < 1.29 is 18.7 Å². The number of aromatic amines is 1. The molecule has 0 bridgehead atoms. The molecule has 0 saturated carbocycles. The smallest absolute Gasteiger partial charge is 0.254 e. The van der Waals surface area contributed by atoms with Gasteiger partial charge in [-0.1, -0.05) is 12.1 Å². The van der Waals surface area contributed by atoms with E-state index in [-0.39, 0.29) is 11.7 Å². The van der Waals surface area contributed by atoms with Crippen molar-refractivity contribution in [2.75, 3.05) is 33.4 Å². The second kappa shape index (κ2) is 8.39. The summed E-state index contributed by atoms with van der Waals surface area (Å²) in [6.07, 6.45) is 1.70. The molecule has 4 aromatic rings. The molecule has 2 aromatic carbocycles. The topological polar surface area (TPSA) is 80.3 Å². The van der Waals surface area contributed by atoms with Crippen LogP contribution in [0.3, 0.4) is 0 Å². The number of hydrogen-bond donors (Lipinski definition) is 1. The predicted molar refractivity (Wildman–Crippen MR) is 118 cm³/mol. The molecule has 162 valence electrons. The maximum atomic E-state index is 14.6. The molecule has 3 heterocycles. The van der Waals surface area contributed by atoms with Crippen LogP contribution in [0.2, 0.25) is 0 Å². The minimum Gasteiger partial charge on any atom is -0.497 e. The highest BCUT2D eigenvalue weighted by Gasteiger charge is 2.19. The van der Waals surface area contributed by atoms with Gasteiger partial charge in [0.25, 0.3) is 5.91 Å². The van der Waals surface area contributed by atoms with Gasteiger partial charge in [-0.05, 0) is 42.0 Å². The molecule has 1 aliphatic heterocycles. The van der Waals surface area contributed by atoms with Crippen molar-refractivity contribution in [1.29, 1.82) is 0 Å². The van der Waals surface area contributed by atoms with Gasteiger partial charge < -0.3 is 14.4 Å². The van der Waals surface area contributed by atoms with E-state index in [4.69, 9.17) is 9.47 Å². The molecule has 1 aliphatic rings. The number of carbonyl (C=O) groups excluding carboxylic acids is 1. The lowest BCUT2D eigenvalue weighted by atomic mass is 10.0. The molecule has 0 unspecified atom stereocenters. The summed E-state index contributed by atoms with van der Waals surface area (Å²) in [6.45, 7) is 2.27. The number of carbonyl (C=O) groups is 1. The summed E-state index contributed by atoms with van der Waals surface area (Å²) in [5.74, 6) is 0.133. The fourth-order valence-corrected chi connectivity index (χ4v) is 3.87. The zero-order valence-electron chi connectivity index (χ0n) is 17.5. The summed E-state index contributed by atoms with van der Waals surface area (Å²) in [5.41, 5.74) is 3.60. The Morgan fingerprint density at radius 2 is 1.97 bits per heavy atom. The number of halogens is 1. The van der Waals surface area contributed by atoms with Crippen molar-refractivity contribution in [2.45, 2.75) is 0 Å². The van der Waals surface area contributed by atoms with Crippen LogP contribution < -0.4 is 4.74 Å². The van der Waals surface area contributed by atoms with Gasteiger partial charge in [-0.2, -0.15) is 5.10 Å². The van der Waals surface area contributed by atoms with Gasteiger partial charge in [-0.3, -0.25) is 9.89 Å². The molecule has 0 radical (unpaired) electrons. The Morgan fingerprint density at radius 3 is 2.78 bits per heavy atom. The molecule has 1 saturated heterocycles. The molecule has 5 rings (SSSR count). The van der Waals surface area contributed by atoms with Crippen LogP contribution in [-0.2, 0) is 4.74 Å². The second-order valence-electron chi connectivity index (χ2n) is 7.52. The number of ether oxygens (including phenoxy) is 2. The zero-order chi connectivity index (χ0) is 22.1. The van der Waals surface area contributed by atoms with E-state index in [1.54, 1.807) is 23.2 Å². The Kier molecular flexibility index (Phi) is 5.28. The number of pyridine rings is 1. The lowest BCUT2D eigenvalue weighted by Crippen LogP contribution is -2.40. The molecule has 0 atom stereocenters. The Bertz CT molecular complexity index is 1300. The molecule has 1 amide bonds. The number of benzene rings is 2. The number of nitrogens with zero attached hydrogens (tertiary/aromatic N) is 3. The first kappa shape index (κ1) is 20.1. The van der Waals surface area contributed by atoms with Crippen LogP contribution in [0.4, 0.5) is 4.39 Å². The lowest BCUT2D eigenvalue weighted by molar-refractivity contribution is 0.0303. The van der Waals surface area contributed by atoms with Crippen LogP contribution in [-0.4, -0.2) is 59.4 Å². The first-order valence-electron chi connectivity index (χ1n) is 10.3. The number of H-pyrrole nitrogens is 1. The number of amides is 1. The van der Waals surface area contributed by atoms with Crippen LogP contribution in [0.15, 0.2) is 54.7 Å². The van der Waals surface area contributed by atoms with Gasteiger partial charge in [0.2, 0.25) is 0 Å². The molecule has 1 fully saturated rings. The van der Waals surface area contributed by atoms with E-state index >= 15 is 0 Å². The highest BCUT2D eigenvalue weighted by atomic mass is 19.1. The van der Waals surface area contributed by atoms with Crippen molar-refractivity contribution in [3.8, 4) is 28.1 Å². The summed E-state index contributed by atoms with van der Waals surface area (Å²) < 4.78 is 25.1. The van der Waals surface area contributed by atoms with Crippen LogP contribution in [0.1, 0.15) is 10.4 Å². The van der Waals surface area contributed by atoms with E-state index in [1.807, 2.05) is 30.3 Å². The average Bonchev–Trinajstić information content (AvgIpc) is 3.27. The number of morpholine rings is 1. The number of hydrogen-bond acceptors (Lipinski definition) is 5. The second-order valence-corrected chi connectivity index (χ2v) is 7.52. The number of aromatic nitrogens is 3. The lowest BCUT2D eigenvalue weighted by Gasteiger charge is -2.27. The Hall–Kier alpha value is -3.78. The number of rotatable bonds is 4. The highest BCUT2D eigenvalue weighted by Crippen LogP contribution is 2.32. The van der Waals surface area contributed by atoms with Crippen molar-refractivity contribution >= 4 is 16.9 Å².